The number of hydrogen-bond donors (Lipinski definition) is 9. The van der Waals surface area contributed by atoms with Crippen molar-refractivity contribution in [2.45, 2.75) is 153 Å². The molecule has 2 heterocycles. The zero-order valence-corrected chi connectivity index (χ0v) is 48.1. The highest BCUT2D eigenvalue weighted by Gasteiger charge is 2.47. The summed E-state index contributed by atoms with van der Waals surface area (Å²) in [6, 6.07) is 7.90. The summed E-state index contributed by atoms with van der Waals surface area (Å²) >= 11 is 0. The van der Waals surface area contributed by atoms with Gasteiger partial charge in [-0.15, -0.1) is 0 Å². The fourth-order valence-corrected chi connectivity index (χ4v) is 9.84. The van der Waals surface area contributed by atoms with Gasteiger partial charge in [-0.25, -0.2) is 8.98 Å². The molecule has 25 nitrogen and oxygen atoms in total. The van der Waals surface area contributed by atoms with Gasteiger partial charge >= 0.3 is 16.4 Å². The van der Waals surface area contributed by atoms with E-state index in [1.54, 1.807) is 76.2 Å². The van der Waals surface area contributed by atoms with Gasteiger partial charge in [-0.05, 0) is 110 Å². The third kappa shape index (κ3) is 18.1. The number of nitrogens with one attached hydrogen (secondary N) is 5. The Hall–Kier alpha value is -7.39. The molecular weight excluding hydrogens is 1090 g/mol. The quantitative estimate of drug-likeness (QED) is 0.0537. The molecule has 0 aromatic heterocycles. The average molecular weight is 1170 g/mol. The van der Waals surface area contributed by atoms with Gasteiger partial charge in [-0.2, -0.15) is 8.42 Å². The van der Waals surface area contributed by atoms with E-state index in [0.717, 1.165) is 16.9 Å². The molecule has 0 spiro atoms. The average Bonchev–Trinajstić information content (AvgIpc) is 3.17. The number of amides is 7. The number of aliphatic hydroxyl groups excluding tert-OH is 1. The molecule has 0 saturated carbocycles. The molecule has 3 aromatic carbocycles. The lowest BCUT2D eigenvalue weighted by molar-refractivity contribution is -0.168. The minimum Gasteiger partial charge on any atom is -0.508 e. The van der Waals surface area contributed by atoms with E-state index in [4.69, 9.17) is 14.2 Å². The second-order valence-electron chi connectivity index (χ2n) is 20.7. The van der Waals surface area contributed by atoms with Crippen molar-refractivity contribution in [1.29, 1.82) is 0 Å². The first kappa shape index (κ1) is 65.4. The Morgan fingerprint density at radius 1 is 0.768 bits per heavy atom. The first-order valence-electron chi connectivity index (χ1n) is 27.1. The third-order valence-corrected chi connectivity index (χ3v) is 15.4. The number of benzene rings is 3. The molecule has 2 bridgehead atoms. The Labute approximate surface area is 477 Å². The van der Waals surface area contributed by atoms with Gasteiger partial charge in [0, 0.05) is 20.6 Å². The van der Waals surface area contributed by atoms with Crippen LogP contribution in [0.25, 0.3) is 0 Å². The molecule has 7 amide bonds. The number of phenolic OH excluding ortho intramolecular Hbond substituents is 2. The van der Waals surface area contributed by atoms with Crippen LogP contribution in [0.1, 0.15) is 89.8 Å². The van der Waals surface area contributed by atoms with Crippen LogP contribution in [-0.2, 0) is 81.7 Å². The van der Waals surface area contributed by atoms with E-state index in [0.29, 0.717) is 28.9 Å². The molecular formula is C56H77N7O18S. The number of aromatic hydroxyl groups is 2. The van der Waals surface area contributed by atoms with E-state index in [1.165, 1.54) is 45.3 Å². The fraction of sp³-hybridized carbons (Fsp3) is 0.536. The normalized spacial score (nSPS) is 24.0. The van der Waals surface area contributed by atoms with E-state index < -0.39 is 137 Å². The lowest BCUT2D eigenvalue weighted by Crippen LogP contribution is -2.66. The molecule has 82 heavy (non-hydrogen) atoms. The molecule has 5 rings (SSSR count). The van der Waals surface area contributed by atoms with Gasteiger partial charge in [0.05, 0.1) is 7.11 Å². The highest BCUT2D eigenvalue weighted by atomic mass is 32.3. The summed E-state index contributed by atoms with van der Waals surface area (Å²) in [6.07, 6.45) is -4.90. The van der Waals surface area contributed by atoms with Crippen LogP contribution in [0.2, 0.25) is 0 Å². The van der Waals surface area contributed by atoms with Gasteiger partial charge in [0.2, 0.25) is 35.4 Å². The maximum atomic E-state index is 15.1. The van der Waals surface area contributed by atoms with Crippen LogP contribution in [0.4, 0.5) is 0 Å². The molecule has 3 aromatic rings. The first-order chi connectivity index (χ1) is 38.8. The Morgan fingerprint density at radius 2 is 1.35 bits per heavy atom. The number of likely N-dealkylation sites (N-methyl/N-ethyl adjacent to an activating group) is 1. The standard InChI is InChI=1S/C56H77N7O18S/c1-9-31(3)46-56(74)81-33(5)47(61-50(68)41(26-18-35-13-21-38(65)22-14-35)57-52(70)44(79-8)30-80-82(75,76)77)53(71)58-40(25-17-34-11-19-37(64)20-12-34)49(67)59-42-27-28-45(66)63(54(42)72)48(32(4)10-2)55(73)62(6)43(51(69)60-46)29-36-15-23-39(78-7)24-16-36/h11-16,19-24,31-33,40-48,64-66H,9-10,17-18,25-30H2,1-8H3,(H,57,70)(H,58,71)(H,59,67)(H,60,69)(H,61,68)(H,75,76,77)/t31-,32-,33+,40+,41+,42+,43+,44?,45-,46+,47+,48-/m1/s1. The van der Waals surface area contributed by atoms with Crippen LogP contribution in [-0.4, -0.2) is 174 Å². The van der Waals surface area contributed by atoms with Gasteiger partial charge < -0.3 is 65.9 Å². The number of hydrogen-bond acceptors (Lipinski definition) is 17. The van der Waals surface area contributed by atoms with Crippen molar-refractivity contribution in [2.75, 3.05) is 27.9 Å². The maximum Gasteiger partial charge on any atom is 0.397 e. The van der Waals surface area contributed by atoms with E-state index >= 15 is 9.59 Å². The Balaban J connectivity index is 1.65. The van der Waals surface area contributed by atoms with Gasteiger partial charge in [0.25, 0.3) is 5.91 Å². The number of aliphatic hydroxyl groups is 1. The summed E-state index contributed by atoms with van der Waals surface area (Å²) in [5.74, 6) is -8.55. The molecule has 2 saturated heterocycles. The molecule has 2 fully saturated rings. The lowest BCUT2D eigenvalue weighted by Gasteiger charge is -2.44. The number of carbonyl (C=O) groups excluding carboxylic acids is 8. The number of aryl methyl sites for hydroxylation is 2. The van der Waals surface area contributed by atoms with Crippen LogP contribution in [0, 0.1) is 11.8 Å². The Morgan fingerprint density at radius 3 is 1.91 bits per heavy atom. The SMILES string of the molecule is CC[C@@H](C)[C@@H]1NC(=O)[C@H](Cc2ccc(OC)cc2)N(C)C(=O)[C@@H]([C@H](C)CC)N2C(=O)[C@H](CC[C@H]2O)NC(=O)[C@H](CCc2ccc(O)cc2)NC(=O)[C@@H](NC(=O)[C@H](CCc2ccc(O)cc2)NC(=O)C(COS(=O)(=O)O)OC)[C@H](C)OC1=O. The fourth-order valence-electron chi connectivity index (χ4n) is 9.55. The predicted octanol–water partition coefficient (Wildman–Crippen LogP) is 1.35. The summed E-state index contributed by atoms with van der Waals surface area (Å²) in [6.45, 7) is 7.12. The summed E-state index contributed by atoms with van der Waals surface area (Å²) in [4.78, 5) is 120. The summed E-state index contributed by atoms with van der Waals surface area (Å²) in [7, 11) is -1.18. The molecule has 2 aliphatic heterocycles. The zero-order valence-electron chi connectivity index (χ0n) is 47.2. The second kappa shape index (κ2) is 30.1. The Kier molecular flexibility index (Phi) is 24.0. The molecule has 9 N–H and O–H groups in total. The topological polar surface area (TPSA) is 355 Å². The number of phenols is 2. The molecule has 12 atom stereocenters. The summed E-state index contributed by atoms with van der Waals surface area (Å²) in [5, 5.41) is 44.7. The van der Waals surface area contributed by atoms with Crippen molar-refractivity contribution < 1.29 is 85.0 Å². The van der Waals surface area contributed by atoms with Gasteiger partial charge in [0.15, 0.2) is 6.10 Å². The zero-order chi connectivity index (χ0) is 60.6. The minimum absolute atomic E-state index is 0.0434. The molecule has 0 aliphatic carbocycles. The van der Waals surface area contributed by atoms with E-state index in [9.17, 15) is 57.1 Å². The van der Waals surface area contributed by atoms with Crippen LogP contribution in [0.3, 0.4) is 0 Å². The smallest absolute Gasteiger partial charge is 0.397 e. The first-order valence-corrected chi connectivity index (χ1v) is 28.5. The van der Waals surface area contributed by atoms with Crippen molar-refractivity contribution >= 4 is 57.7 Å². The number of carbonyl (C=O) groups is 8. The van der Waals surface area contributed by atoms with E-state index in [-0.39, 0.29) is 62.9 Å². The highest BCUT2D eigenvalue weighted by molar-refractivity contribution is 7.80. The third-order valence-electron chi connectivity index (χ3n) is 15.0. The number of fused-ring (bicyclic) bond motifs is 2. The van der Waals surface area contributed by atoms with Crippen LogP contribution in [0.5, 0.6) is 17.2 Å². The van der Waals surface area contributed by atoms with Crippen LogP contribution >= 0.6 is 0 Å². The number of nitrogens with zero attached hydrogens (tertiary/aromatic N) is 2. The van der Waals surface area contributed by atoms with Gasteiger partial charge in [0.1, 0.15) is 78.5 Å². The summed E-state index contributed by atoms with van der Waals surface area (Å²) in [5.41, 5.74) is 1.75. The van der Waals surface area contributed by atoms with Crippen molar-refractivity contribution in [3.63, 3.8) is 0 Å². The van der Waals surface area contributed by atoms with Crippen molar-refractivity contribution in [2.24, 2.45) is 11.8 Å². The molecule has 2 aliphatic rings. The van der Waals surface area contributed by atoms with E-state index in [1.807, 2.05) is 0 Å². The number of piperidine rings is 1. The van der Waals surface area contributed by atoms with Crippen LogP contribution < -0.4 is 31.3 Å². The van der Waals surface area contributed by atoms with Crippen molar-refractivity contribution in [3.8, 4) is 17.2 Å². The van der Waals surface area contributed by atoms with Gasteiger partial charge in [-0.3, -0.25) is 38.1 Å². The van der Waals surface area contributed by atoms with Crippen molar-refractivity contribution in [3.05, 3.63) is 89.5 Å². The van der Waals surface area contributed by atoms with E-state index in [2.05, 4.69) is 30.8 Å². The maximum absolute atomic E-state index is 15.1. The van der Waals surface area contributed by atoms with Gasteiger partial charge in [-0.1, -0.05) is 76.9 Å². The molecule has 1 unspecified atom stereocenters. The highest BCUT2D eigenvalue weighted by Crippen LogP contribution is 2.28. The largest absolute Gasteiger partial charge is 0.508 e. The molecule has 0 radical (unpaired) electrons. The second-order valence-corrected chi connectivity index (χ2v) is 21.8. The monoisotopic (exact) mass is 1170 g/mol. The van der Waals surface area contributed by atoms with Crippen molar-refractivity contribution in [1.82, 2.24) is 36.4 Å². The lowest BCUT2D eigenvalue weighted by atomic mass is 9.91. The minimum atomic E-state index is -5.06. The number of methoxy groups -OCH3 is 2. The molecule has 26 heteroatoms. The summed E-state index contributed by atoms with van der Waals surface area (Å²) < 4.78 is 52.9. The van der Waals surface area contributed by atoms with Crippen LogP contribution in [0.15, 0.2) is 72.8 Å². The number of rotatable bonds is 21. The Bertz CT molecular complexity index is 2810. The number of esters is 1. The molecule has 450 valence electrons. The number of ether oxygens (including phenoxy) is 3. The predicted molar refractivity (Wildman–Crippen MR) is 294 cm³/mol. The number of cyclic esters (lactones) is 1.